The molecule has 4 rings (SSSR count). The van der Waals surface area contributed by atoms with Gasteiger partial charge in [-0.2, -0.15) is 4.98 Å². The zero-order valence-corrected chi connectivity index (χ0v) is 19.8. The van der Waals surface area contributed by atoms with Crippen molar-refractivity contribution in [3.8, 4) is 23.0 Å². The molecule has 2 heterocycles. The summed E-state index contributed by atoms with van der Waals surface area (Å²) < 4.78 is 33.5. The average molecular weight is 494 g/mol. The maximum atomic E-state index is 12.9. The van der Waals surface area contributed by atoms with Crippen LogP contribution in [0.1, 0.15) is 13.8 Å². The monoisotopic (exact) mass is 493 g/mol. The molecule has 0 radical (unpaired) electrons. The van der Waals surface area contributed by atoms with Gasteiger partial charge in [0.2, 0.25) is 11.7 Å². The minimum Gasteiger partial charge on any atom is -0.395 e. The van der Waals surface area contributed by atoms with E-state index in [1.807, 2.05) is 0 Å². The highest BCUT2D eigenvalue weighted by Gasteiger charge is 2.26. The summed E-state index contributed by atoms with van der Waals surface area (Å²) in [5, 5.41) is 16.0. The summed E-state index contributed by atoms with van der Waals surface area (Å²) in [6.07, 6.45) is 1.62. The van der Waals surface area contributed by atoms with E-state index < -0.39 is 15.4 Å². The third kappa shape index (κ3) is 5.53. The van der Waals surface area contributed by atoms with E-state index in [1.165, 1.54) is 18.2 Å². The molecule has 0 aliphatic carbocycles. The molecule has 0 bridgehead atoms. The Hall–Kier alpha value is -4.09. The number of amides is 1. The molecule has 10 nitrogen and oxygen atoms in total. The highest BCUT2D eigenvalue weighted by Crippen LogP contribution is 2.25. The van der Waals surface area contributed by atoms with Crippen LogP contribution in [0.25, 0.3) is 23.0 Å². The fourth-order valence-electron chi connectivity index (χ4n) is 2.96. The van der Waals surface area contributed by atoms with Crippen molar-refractivity contribution in [3.63, 3.8) is 0 Å². The molecule has 180 valence electrons. The Labute approximate surface area is 202 Å². The van der Waals surface area contributed by atoms with E-state index in [4.69, 9.17) is 4.52 Å². The van der Waals surface area contributed by atoms with Gasteiger partial charge in [-0.25, -0.2) is 8.42 Å². The van der Waals surface area contributed by atoms with Crippen LogP contribution in [-0.4, -0.2) is 41.2 Å². The fraction of sp³-hybridized carbons (Fsp3) is 0.167. The molecule has 3 N–H and O–H groups in total. The Kier molecular flexibility index (Phi) is 6.63. The lowest BCUT2D eigenvalue weighted by Crippen LogP contribution is -2.33. The van der Waals surface area contributed by atoms with Crippen LogP contribution in [0.15, 0.2) is 82.3 Å². The van der Waals surface area contributed by atoms with Crippen molar-refractivity contribution in [2.45, 2.75) is 18.7 Å². The van der Waals surface area contributed by atoms with Crippen molar-refractivity contribution in [3.05, 3.63) is 72.9 Å². The second kappa shape index (κ2) is 9.65. The molecule has 0 fully saturated rings. The number of pyridine rings is 1. The van der Waals surface area contributed by atoms with Gasteiger partial charge in [0.25, 0.3) is 15.9 Å². The second-order valence-corrected chi connectivity index (χ2v) is 10.0. The van der Waals surface area contributed by atoms with Crippen LogP contribution in [0, 0.1) is 5.41 Å². The largest absolute Gasteiger partial charge is 0.395 e. The van der Waals surface area contributed by atoms with E-state index in [2.05, 4.69) is 25.2 Å². The molecule has 11 heteroatoms. The number of rotatable bonds is 8. The van der Waals surface area contributed by atoms with Crippen LogP contribution in [0.3, 0.4) is 0 Å². The first-order valence-corrected chi connectivity index (χ1v) is 12.1. The molecule has 0 spiro atoms. The molecule has 0 unspecified atom stereocenters. The summed E-state index contributed by atoms with van der Waals surface area (Å²) in [5.74, 6) is 0.174. The Morgan fingerprint density at radius 1 is 1.03 bits per heavy atom. The smallest absolute Gasteiger partial charge is 0.276 e. The summed E-state index contributed by atoms with van der Waals surface area (Å²) in [6.45, 7) is 2.88. The topological polar surface area (TPSA) is 147 Å². The summed E-state index contributed by atoms with van der Waals surface area (Å²) >= 11 is 0. The van der Waals surface area contributed by atoms with Crippen molar-refractivity contribution in [2.75, 3.05) is 16.6 Å². The predicted molar refractivity (Wildman–Crippen MR) is 130 cm³/mol. The molecule has 35 heavy (non-hydrogen) atoms. The molecular weight excluding hydrogens is 470 g/mol. The molecule has 0 aliphatic rings. The predicted octanol–water partition coefficient (Wildman–Crippen LogP) is 3.56. The molecule has 2 aromatic carbocycles. The molecule has 0 aliphatic heterocycles. The van der Waals surface area contributed by atoms with E-state index >= 15 is 0 Å². The van der Waals surface area contributed by atoms with Crippen LogP contribution >= 0.6 is 0 Å². The first-order valence-electron chi connectivity index (χ1n) is 10.6. The van der Waals surface area contributed by atoms with E-state index in [0.717, 1.165) is 0 Å². The standard InChI is InChI=1S/C24H23N5O5S/c1-24(2,15-30)23(31)26-17-6-5-7-18(14-17)29-35(32,33)19-11-9-16(10-12-19)21-27-22(34-28-21)20-8-3-4-13-25-20/h3-14,29-30H,15H2,1-2H3,(H,26,31). The summed E-state index contributed by atoms with van der Waals surface area (Å²) in [4.78, 5) is 20.8. The normalized spacial score (nSPS) is 11.7. The number of nitrogens with zero attached hydrogens (tertiary/aromatic N) is 3. The quantitative estimate of drug-likeness (QED) is 0.338. The van der Waals surface area contributed by atoms with Gasteiger partial charge >= 0.3 is 0 Å². The minimum absolute atomic E-state index is 0.0329. The van der Waals surface area contributed by atoms with Gasteiger partial charge in [0.15, 0.2) is 0 Å². The van der Waals surface area contributed by atoms with Crippen LogP contribution in [-0.2, 0) is 14.8 Å². The number of anilines is 2. The Balaban J connectivity index is 1.48. The molecule has 2 aromatic heterocycles. The number of carbonyl (C=O) groups is 1. The van der Waals surface area contributed by atoms with Gasteiger partial charge < -0.3 is 14.9 Å². The number of benzene rings is 2. The average Bonchev–Trinajstić information content (AvgIpc) is 3.35. The van der Waals surface area contributed by atoms with Crippen LogP contribution in [0.5, 0.6) is 0 Å². The van der Waals surface area contributed by atoms with Crippen LogP contribution in [0.2, 0.25) is 0 Å². The first-order chi connectivity index (χ1) is 16.7. The van der Waals surface area contributed by atoms with Crippen molar-refractivity contribution >= 4 is 27.3 Å². The van der Waals surface area contributed by atoms with Crippen LogP contribution in [0.4, 0.5) is 11.4 Å². The zero-order chi connectivity index (χ0) is 25.1. The molecule has 1 amide bonds. The second-order valence-electron chi connectivity index (χ2n) is 8.34. The van der Waals surface area contributed by atoms with Gasteiger partial charge in [0, 0.05) is 17.4 Å². The Morgan fingerprint density at radius 2 is 1.77 bits per heavy atom. The van der Waals surface area contributed by atoms with E-state index in [9.17, 15) is 18.3 Å². The number of carbonyl (C=O) groups excluding carboxylic acids is 1. The number of sulfonamides is 1. The molecule has 0 atom stereocenters. The fourth-order valence-corrected chi connectivity index (χ4v) is 4.01. The van der Waals surface area contributed by atoms with Crippen LogP contribution < -0.4 is 10.0 Å². The van der Waals surface area contributed by atoms with E-state index in [-0.39, 0.29) is 29.0 Å². The highest BCUT2D eigenvalue weighted by atomic mass is 32.2. The lowest BCUT2D eigenvalue weighted by atomic mass is 9.93. The summed E-state index contributed by atoms with van der Waals surface area (Å²) in [5.41, 5.74) is 0.799. The number of hydrogen-bond donors (Lipinski definition) is 3. The number of nitrogens with one attached hydrogen (secondary N) is 2. The van der Waals surface area contributed by atoms with Crippen molar-refractivity contribution in [1.82, 2.24) is 15.1 Å². The van der Waals surface area contributed by atoms with Crippen molar-refractivity contribution in [1.29, 1.82) is 0 Å². The van der Waals surface area contributed by atoms with Gasteiger partial charge in [0.1, 0.15) is 5.69 Å². The van der Waals surface area contributed by atoms with Gasteiger partial charge in [-0.15, -0.1) is 0 Å². The summed E-state index contributed by atoms with van der Waals surface area (Å²) in [7, 11) is -3.91. The third-order valence-electron chi connectivity index (χ3n) is 5.12. The number of aliphatic hydroxyl groups excluding tert-OH is 1. The van der Waals surface area contributed by atoms with Gasteiger partial charge in [-0.1, -0.05) is 17.3 Å². The van der Waals surface area contributed by atoms with Crippen molar-refractivity contribution < 1.29 is 22.8 Å². The number of aromatic nitrogens is 3. The minimum atomic E-state index is -3.91. The van der Waals surface area contributed by atoms with E-state index in [1.54, 1.807) is 68.6 Å². The number of hydrogen-bond acceptors (Lipinski definition) is 8. The zero-order valence-electron chi connectivity index (χ0n) is 19.0. The van der Waals surface area contributed by atoms with Gasteiger partial charge in [-0.3, -0.25) is 14.5 Å². The maximum Gasteiger partial charge on any atom is 0.276 e. The Morgan fingerprint density at radius 3 is 2.46 bits per heavy atom. The lowest BCUT2D eigenvalue weighted by Gasteiger charge is -2.20. The molecule has 4 aromatic rings. The molecule has 0 saturated heterocycles. The van der Waals surface area contributed by atoms with Gasteiger partial charge in [0.05, 0.1) is 22.6 Å². The Bertz CT molecular complexity index is 1430. The maximum absolute atomic E-state index is 12.9. The van der Waals surface area contributed by atoms with E-state index in [0.29, 0.717) is 22.8 Å². The lowest BCUT2D eigenvalue weighted by molar-refractivity contribution is -0.125. The number of aliphatic hydroxyl groups is 1. The SMILES string of the molecule is CC(C)(CO)C(=O)Nc1cccc(NS(=O)(=O)c2ccc(-c3noc(-c4ccccn4)n3)cc2)c1. The highest BCUT2D eigenvalue weighted by molar-refractivity contribution is 7.92. The van der Waals surface area contributed by atoms with Crippen molar-refractivity contribution in [2.24, 2.45) is 5.41 Å². The van der Waals surface area contributed by atoms with Gasteiger partial charge in [-0.05, 0) is 68.4 Å². The third-order valence-corrected chi connectivity index (χ3v) is 6.51. The molecular formula is C24H23N5O5S. The first kappa shape index (κ1) is 24.0. The summed E-state index contributed by atoms with van der Waals surface area (Å²) in [6, 6.07) is 17.6. The molecule has 0 saturated carbocycles.